The lowest BCUT2D eigenvalue weighted by molar-refractivity contribution is -0.126. The summed E-state index contributed by atoms with van der Waals surface area (Å²) in [5.74, 6) is 1.36. The highest BCUT2D eigenvalue weighted by atomic mass is 16.1. The summed E-state index contributed by atoms with van der Waals surface area (Å²) in [5.41, 5.74) is 2.30. The van der Waals surface area contributed by atoms with Crippen molar-refractivity contribution in [3.05, 3.63) is 35.9 Å². The number of hydrogen-bond acceptors (Lipinski definition) is 3. The maximum absolute atomic E-state index is 12.1. The predicted octanol–water partition coefficient (Wildman–Crippen LogP) is 3.28. The first-order valence-corrected chi connectivity index (χ1v) is 8.46. The quantitative estimate of drug-likeness (QED) is 0.946. The van der Waals surface area contributed by atoms with E-state index in [2.05, 4.69) is 41.4 Å². The van der Waals surface area contributed by atoms with Gasteiger partial charge in [-0.3, -0.25) is 4.79 Å². The molecule has 0 saturated carbocycles. The van der Waals surface area contributed by atoms with Crippen LogP contribution in [0.15, 0.2) is 30.3 Å². The fourth-order valence-corrected chi connectivity index (χ4v) is 3.27. The molecule has 1 aromatic carbocycles. The summed E-state index contributed by atoms with van der Waals surface area (Å²) in [6.07, 6.45) is 1.79. The summed E-state index contributed by atoms with van der Waals surface area (Å²) >= 11 is 0. The van der Waals surface area contributed by atoms with E-state index in [1.807, 2.05) is 19.9 Å². The number of fused-ring (bicyclic) bond motifs is 1. The number of carbonyl (C=O) groups excluding carboxylic acids is 1. The van der Waals surface area contributed by atoms with Gasteiger partial charge in [0, 0.05) is 30.4 Å². The molecule has 1 saturated heterocycles. The molecule has 0 atom stereocenters. The topological polar surface area (TPSA) is 45.2 Å². The number of carbonyl (C=O) groups is 1. The van der Waals surface area contributed by atoms with Gasteiger partial charge in [-0.25, -0.2) is 4.98 Å². The van der Waals surface area contributed by atoms with Crippen LogP contribution >= 0.6 is 0 Å². The van der Waals surface area contributed by atoms with E-state index in [9.17, 15) is 4.79 Å². The molecule has 0 radical (unpaired) electrons. The Morgan fingerprint density at radius 3 is 2.65 bits per heavy atom. The van der Waals surface area contributed by atoms with Gasteiger partial charge in [-0.15, -0.1) is 0 Å². The van der Waals surface area contributed by atoms with E-state index >= 15 is 0 Å². The van der Waals surface area contributed by atoms with Crippen LogP contribution in [-0.2, 0) is 4.79 Å². The molecule has 0 unspecified atom stereocenters. The molecule has 1 aliphatic heterocycles. The van der Waals surface area contributed by atoms with Gasteiger partial charge in [0.1, 0.15) is 5.82 Å². The van der Waals surface area contributed by atoms with Gasteiger partial charge in [0.2, 0.25) is 5.91 Å². The Morgan fingerprint density at radius 2 is 1.96 bits per heavy atom. The van der Waals surface area contributed by atoms with Crippen molar-refractivity contribution in [1.29, 1.82) is 0 Å². The lowest BCUT2D eigenvalue weighted by Gasteiger charge is -2.32. The number of anilines is 1. The highest BCUT2D eigenvalue weighted by Gasteiger charge is 2.26. The number of pyridine rings is 1. The summed E-state index contributed by atoms with van der Waals surface area (Å²) in [7, 11) is 0. The zero-order chi connectivity index (χ0) is 16.4. The van der Waals surface area contributed by atoms with Crippen molar-refractivity contribution in [1.82, 2.24) is 10.3 Å². The van der Waals surface area contributed by atoms with E-state index in [0.29, 0.717) is 0 Å². The van der Waals surface area contributed by atoms with Crippen LogP contribution in [0.2, 0.25) is 0 Å². The Kier molecular flexibility index (Phi) is 4.51. The summed E-state index contributed by atoms with van der Waals surface area (Å²) in [6.45, 7) is 7.93. The number of nitrogens with zero attached hydrogens (tertiary/aromatic N) is 2. The molecule has 0 bridgehead atoms. The summed E-state index contributed by atoms with van der Waals surface area (Å²) in [5, 5.41) is 4.24. The van der Waals surface area contributed by atoms with E-state index < -0.39 is 0 Å². The molecular formula is C19H25N3O. The van der Waals surface area contributed by atoms with Crippen molar-refractivity contribution >= 4 is 22.6 Å². The molecule has 0 spiro atoms. The Hall–Kier alpha value is -2.10. The van der Waals surface area contributed by atoms with Crippen LogP contribution in [0, 0.1) is 12.8 Å². The van der Waals surface area contributed by atoms with Crippen molar-refractivity contribution in [2.75, 3.05) is 18.0 Å². The maximum atomic E-state index is 12.1. The summed E-state index contributed by atoms with van der Waals surface area (Å²) in [4.78, 5) is 19.2. The molecule has 4 heteroatoms. The third-order valence-electron chi connectivity index (χ3n) is 4.53. The van der Waals surface area contributed by atoms with Crippen molar-refractivity contribution < 1.29 is 4.79 Å². The lowest BCUT2D eigenvalue weighted by Crippen LogP contribution is -2.42. The second kappa shape index (κ2) is 6.57. The van der Waals surface area contributed by atoms with E-state index in [0.717, 1.165) is 37.3 Å². The zero-order valence-corrected chi connectivity index (χ0v) is 14.2. The van der Waals surface area contributed by atoms with E-state index in [1.165, 1.54) is 10.9 Å². The smallest absolute Gasteiger partial charge is 0.223 e. The molecule has 23 heavy (non-hydrogen) atoms. The maximum Gasteiger partial charge on any atom is 0.223 e. The number of para-hydroxylation sites is 1. The number of aryl methyl sites for hydroxylation is 1. The normalized spacial score (nSPS) is 16.1. The zero-order valence-electron chi connectivity index (χ0n) is 14.2. The first kappa shape index (κ1) is 15.8. The number of hydrogen-bond donors (Lipinski definition) is 1. The second-order valence-corrected chi connectivity index (χ2v) is 6.74. The second-order valence-electron chi connectivity index (χ2n) is 6.74. The molecule has 2 heterocycles. The van der Waals surface area contributed by atoms with Gasteiger partial charge in [0.05, 0.1) is 5.52 Å². The van der Waals surface area contributed by atoms with Crippen molar-refractivity contribution in [2.45, 2.75) is 39.7 Å². The summed E-state index contributed by atoms with van der Waals surface area (Å²) in [6, 6.07) is 10.6. The van der Waals surface area contributed by atoms with Crippen molar-refractivity contribution in [2.24, 2.45) is 5.92 Å². The van der Waals surface area contributed by atoms with Crippen LogP contribution in [0.3, 0.4) is 0 Å². The molecular weight excluding hydrogens is 286 g/mol. The van der Waals surface area contributed by atoms with Crippen LogP contribution in [0.1, 0.15) is 32.3 Å². The van der Waals surface area contributed by atoms with Gasteiger partial charge in [-0.2, -0.15) is 0 Å². The molecule has 1 aromatic heterocycles. The van der Waals surface area contributed by atoms with Gasteiger partial charge in [-0.1, -0.05) is 18.2 Å². The van der Waals surface area contributed by atoms with E-state index in [4.69, 9.17) is 4.98 Å². The number of aromatic nitrogens is 1. The van der Waals surface area contributed by atoms with Crippen molar-refractivity contribution in [3.8, 4) is 0 Å². The van der Waals surface area contributed by atoms with Crippen LogP contribution in [0.4, 0.5) is 5.82 Å². The number of piperidine rings is 1. The molecule has 1 fully saturated rings. The third kappa shape index (κ3) is 3.46. The van der Waals surface area contributed by atoms with Crippen LogP contribution in [0.5, 0.6) is 0 Å². The first-order chi connectivity index (χ1) is 11.0. The molecule has 1 N–H and O–H groups in total. The fraction of sp³-hybridized carbons (Fsp3) is 0.474. The highest BCUT2D eigenvalue weighted by molar-refractivity contribution is 5.84. The monoisotopic (exact) mass is 311 g/mol. The molecule has 122 valence electrons. The van der Waals surface area contributed by atoms with Gasteiger partial charge in [0.15, 0.2) is 0 Å². The van der Waals surface area contributed by atoms with Gasteiger partial charge >= 0.3 is 0 Å². The Morgan fingerprint density at radius 1 is 1.26 bits per heavy atom. The average Bonchev–Trinajstić information content (AvgIpc) is 2.54. The largest absolute Gasteiger partial charge is 0.357 e. The molecule has 1 amide bonds. The van der Waals surface area contributed by atoms with Crippen LogP contribution in [-0.4, -0.2) is 30.0 Å². The van der Waals surface area contributed by atoms with E-state index in [1.54, 1.807) is 0 Å². The summed E-state index contributed by atoms with van der Waals surface area (Å²) < 4.78 is 0. The van der Waals surface area contributed by atoms with Gasteiger partial charge in [-0.05, 0) is 51.3 Å². The first-order valence-electron chi connectivity index (χ1n) is 8.46. The Labute approximate surface area is 137 Å². The minimum Gasteiger partial charge on any atom is -0.357 e. The number of nitrogens with one attached hydrogen (secondary N) is 1. The molecule has 1 aliphatic rings. The Bertz CT molecular complexity index is 703. The van der Waals surface area contributed by atoms with Gasteiger partial charge < -0.3 is 10.2 Å². The molecule has 4 nitrogen and oxygen atoms in total. The van der Waals surface area contributed by atoms with E-state index in [-0.39, 0.29) is 17.9 Å². The standard InChI is InChI=1S/C19H25N3O/c1-13(2)20-19(23)15-8-10-22(11-9-15)18-12-14(3)16-6-4-5-7-17(16)21-18/h4-7,12-13,15H,8-11H2,1-3H3,(H,20,23). The predicted molar refractivity (Wildman–Crippen MR) is 94.7 cm³/mol. The van der Waals surface area contributed by atoms with Crippen LogP contribution in [0.25, 0.3) is 10.9 Å². The fourth-order valence-electron chi connectivity index (χ4n) is 3.27. The van der Waals surface area contributed by atoms with Crippen LogP contribution < -0.4 is 10.2 Å². The molecule has 3 rings (SSSR count). The minimum absolute atomic E-state index is 0.134. The number of amides is 1. The Balaban J connectivity index is 1.71. The number of rotatable bonds is 3. The van der Waals surface area contributed by atoms with Crippen molar-refractivity contribution in [3.63, 3.8) is 0 Å². The molecule has 0 aliphatic carbocycles. The minimum atomic E-state index is 0.134. The lowest BCUT2D eigenvalue weighted by atomic mass is 9.95. The molecule has 2 aromatic rings. The average molecular weight is 311 g/mol. The highest BCUT2D eigenvalue weighted by Crippen LogP contribution is 2.26. The third-order valence-corrected chi connectivity index (χ3v) is 4.53. The van der Waals surface area contributed by atoms with Gasteiger partial charge in [0.25, 0.3) is 0 Å². The number of benzene rings is 1. The SMILES string of the molecule is Cc1cc(N2CCC(C(=O)NC(C)C)CC2)nc2ccccc12.